The smallest absolute Gasteiger partial charge is 0.0991 e. The third-order valence-corrected chi connectivity index (χ3v) is 8.39. The highest BCUT2D eigenvalue weighted by molar-refractivity contribution is 6.05. The average molecular weight is 560 g/mol. The van der Waals surface area contributed by atoms with E-state index < -0.39 is 0 Å². The molecule has 3 heteroatoms. The highest BCUT2D eigenvalue weighted by atomic mass is 14.7. The lowest BCUT2D eigenvalue weighted by atomic mass is 9.91. The summed E-state index contributed by atoms with van der Waals surface area (Å²) in [5.74, 6) is 0. The Bertz CT molecular complexity index is 2360. The minimum absolute atomic E-state index is 0.670. The van der Waals surface area contributed by atoms with Crippen molar-refractivity contribution < 1.29 is 0 Å². The second kappa shape index (κ2) is 10.6. The first-order valence-electron chi connectivity index (χ1n) is 14.6. The molecule has 0 radical (unpaired) electrons. The van der Waals surface area contributed by atoms with Crippen molar-refractivity contribution in [3.05, 3.63) is 157 Å². The van der Waals surface area contributed by atoms with Crippen LogP contribution in [0.3, 0.4) is 0 Å². The molecule has 0 saturated carbocycles. The van der Waals surface area contributed by atoms with Crippen LogP contribution in [-0.4, -0.2) is 9.97 Å². The van der Waals surface area contributed by atoms with Crippen LogP contribution in [0.5, 0.6) is 0 Å². The van der Waals surface area contributed by atoms with Gasteiger partial charge in [-0.3, -0.25) is 4.98 Å². The summed E-state index contributed by atoms with van der Waals surface area (Å²) in [6, 6.07) is 52.8. The molecular formula is C41H25N3. The van der Waals surface area contributed by atoms with Gasteiger partial charge in [0.25, 0.3) is 0 Å². The van der Waals surface area contributed by atoms with Crippen LogP contribution in [0.1, 0.15) is 5.56 Å². The molecule has 0 bridgehead atoms. The van der Waals surface area contributed by atoms with E-state index in [1.807, 2.05) is 36.5 Å². The number of rotatable bonds is 4. The molecule has 0 fully saturated rings. The minimum Gasteiger partial charge on any atom is -0.254 e. The van der Waals surface area contributed by atoms with Gasteiger partial charge in [-0.05, 0) is 68.4 Å². The number of nitrogens with zero attached hydrogens (tertiary/aromatic N) is 3. The van der Waals surface area contributed by atoms with Gasteiger partial charge in [0.1, 0.15) is 0 Å². The minimum atomic E-state index is 0.670. The van der Waals surface area contributed by atoms with Crippen LogP contribution in [0, 0.1) is 11.3 Å². The van der Waals surface area contributed by atoms with Crippen molar-refractivity contribution in [2.45, 2.75) is 0 Å². The fraction of sp³-hybridized carbons (Fsp3) is 0. The van der Waals surface area contributed by atoms with Gasteiger partial charge in [0.2, 0.25) is 0 Å². The molecule has 6 aromatic carbocycles. The zero-order chi connectivity index (χ0) is 29.5. The lowest BCUT2D eigenvalue weighted by Crippen LogP contribution is -1.89. The van der Waals surface area contributed by atoms with Crippen LogP contribution in [0.25, 0.3) is 77.2 Å². The summed E-state index contributed by atoms with van der Waals surface area (Å²) < 4.78 is 0. The van der Waals surface area contributed by atoms with Gasteiger partial charge in [-0.25, -0.2) is 4.98 Å². The first kappa shape index (κ1) is 25.6. The van der Waals surface area contributed by atoms with E-state index in [0.29, 0.717) is 5.56 Å². The van der Waals surface area contributed by atoms with E-state index in [4.69, 9.17) is 10.2 Å². The van der Waals surface area contributed by atoms with Gasteiger partial charge in [-0.15, -0.1) is 0 Å². The monoisotopic (exact) mass is 559 g/mol. The molecule has 0 atom stereocenters. The maximum atomic E-state index is 9.11. The zero-order valence-electron chi connectivity index (χ0n) is 23.8. The van der Waals surface area contributed by atoms with Crippen molar-refractivity contribution in [2.75, 3.05) is 0 Å². The van der Waals surface area contributed by atoms with Crippen molar-refractivity contribution >= 4 is 32.6 Å². The molecule has 2 aromatic heterocycles. The van der Waals surface area contributed by atoms with E-state index in [1.165, 1.54) is 33.0 Å². The molecule has 0 aliphatic heterocycles. The highest BCUT2D eigenvalue weighted by Crippen LogP contribution is 2.37. The standard InChI is InChI=1S/C41H25N3/c42-26-27-7-9-28(10-8-27)29-11-13-30(14-12-29)35-22-23-36(38-6-2-1-5-37(35)38)31-15-17-32(18-16-31)39-24-21-34-20-19-33-4-3-25-43-40(33)41(34)44-39/h1-25H. The summed E-state index contributed by atoms with van der Waals surface area (Å²) in [5.41, 5.74) is 11.5. The van der Waals surface area contributed by atoms with Gasteiger partial charge in [-0.1, -0.05) is 121 Å². The van der Waals surface area contributed by atoms with E-state index in [2.05, 4.69) is 126 Å². The number of benzene rings is 6. The summed E-state index contributed by atoms with van der Waals surface area (Å²) in [5, 5.41) is 13.7. The molecule has 0 aliphatic carbocycles. The average Bonchev–Trinajstić information content (AvgIpc) is 3.11. The largest absolute Gasteiger partial charge is 0.254 e. The van der Waals surface area contributed by atoms with Crippen molar-refractivity contribution in [1.82, 2.24) is 9.97 Å². The molecule has 8 aromatic rings. The third-order valence-electron chi connectivity index (χ3n) is 8.39. The molecule has 0 amide bonds. The zero-order valence-corrected chi connectivity index (χ0v) is 23.8. The molecule has 8 rings (SSSR count). The van der Waals surface area contributed by atoms with Crippen LogP contribution in [-0.2, 0) is 0 Å². The molecule has 0 saturated heterocycles. The Morgan fingerprint density at radius 3 is 1.57 bits per heavy atom. The van der Waals surface area contributed by atoms with E-state index in [-0.39, 0.29) is 0 Å². The number of hydrogen-bond donors (Lipinski definition) is 0. The topological polar surface area (TPSA) is 49.6 Å². The molecule has 0 spiro atoms. The highest BCUT2D eigenvalue weighted by Gasteiger charge is 2.11. The normalized spacial score (nSPS) is 11.2. The SMILES string of the molecule is N#Cc1ccc(-c2ccc(-c3ccc(-c4ccc(-c5ccc6ccc7cccnc7c6n5)cc4)c4ccccc34)cc2)cc1. The van der Waals surface area contributed by atoms with Gasteiger partial charge >= 0.3 is 0 Å². The van der Waals surface area contributed by atoms with Crippen LogP contribution in [0.2, 0.25) is 0 Å². The van der Waals surface area contributed by atoms with Gasteiger partial charge in [0.05, 0.1) is 28.4 Å². The summed E-state index contributed by atoms with van der Waals surface area (Å²) in [6.45, 7) is 0. The lowest BCUT2D eigenvalue weighted by Gasteiger charge is -2.13. The lowest BCUT2D eigenvalue weighted by molar-refractivity contribution is 1.37. The van der Waals surface area contributed by atoms with E-state index >= 15 is 0 Å². The predicted octanol–water partition coefficient (Wildman–Crippen LogP) is 10.5. The van der Waals surface area contributed by atoms with Crippen molar-refractivity contribution in [3.8, 4) is 50.7 Å². The number of fused-ring (bicyclic) bond motifs is 4. The first-order chi connectivity index (χ1) is 21.7. The molecule has 0 unspecified atom stereocenters. The van der Waals surface area contributed by atoms with Gasteiger partial charge < -0.3 is 0 Å². The first-order valence-corrected chi connectivity index (χ1v) is 14.6. The second-order valence-corrected chi connectivity index (χ2v) is 11.0. The maximum Gasteiger partial charge on any atom is 0.0991 e. The Balaban J connectivity index is 1.13. The second-order valence-electron chi connectivity index (χ2n) is 11.0. The molecular weight excluding hydrogens is 534 g/mol. The molecule has 2 heterocycles. The maximum absolute atomic E-state index is 9.11. The number of hydrogen-bond acceptors (Lipinski definition) is 3. The van der Waals surface area contributed by atoms with E-state index in [0.717, 1.165) is 44.2 Å². The molecule has 3 nitrogen and oxygen atoms in total. The molecule has 204 valence electrons. The Labute approximate surface area is 255 Å². The number of pyridine rings is 2. The van der Waals surface area contributed by atoms with Crippen molar-refractivity contribution in [2.24, 2.45) is 0 Å². The van der Waals surface area contributed by atoms with Gasteiger partial charge in [-0.2, -0.15) is 5.26 Å². The van der Waals surface area contributed by atoms with Crippen LogP contribution < -0.4 is 0 Å². The fourth-order valence-corrected chi connectivity index (χ4v) is 6.09. The van der Waals surface area contributed by atoms with Crippen LogP contribution in [0.15, 0.2) is 152 Å². The van der Waals surface area contributed by atoms with E-state index in [9.17, 15) is 0 Å². The molecule has 0 N–H and O–H groups in total. The number of aromatic nitrogens is 2. The van der Waals surface area contributed by atoms with Gasteiger partial charge in [0, 0.05) is 22.5 Å². The fourth-order valence-electron chi connectivity index (χ4n) is 6.09. The Kier molecular flexibility index (Phi) is 6.18. The van der Waals surface area contributed by atoms with E-state index in [1.54, 1.807) is 0 Å². The summed E-state index contributed by atoms with van der Waals surface area (Å²) in [7, 11) is 0. The Morgan fingerprint density at radius 2 is 0.955 bits per heavy atom. The van der Waals surface area contributed by atoms with Crippen LogP contribution >= 0.6 is 0 Å². The quantitative estimate of drug-likeness (QED) is 0.202. The Hall–Kier alpha value is -6.11. The Morgan fingerprint density at radius 1 is 0.432 bits per heavy atom. The molecule has 44 heavy (non-hydrogen) atoms. The predicted molar refractivity (Wildman–Crippen MR) is 181 cm³/mol. The summed E-state index contributed by atoms with van der Waals surface area (Å²) in [4.78, 5) is 9.64. The summed E-state index contributed by atoms with van der Waals surface area (Å²) in [6.07, 6.45) is 1.83. The number of nitriles is 1. The third kappa shape index (κ3) is 4.47. The van der Waals surface area contributed by atoms with Crippen molar-refractivity contribution in [3.63, 3.8) is 0 Å². The summed E-state index contributed by atoms with van der Waals surface area (Å²) >= 11 is 0. The van der Waals surface area contributed by atoms with Gasteiger partial charge in [0.15, 0.2) is 0 Å². The van der Waals surface area contributed by atoms with Crippen molar-refractivity contribution in [1.29, 1.82) is 5.26 Å². The molecule has 0 aliphatic rings. The van der Waals surface area contributed by atoms with Crippen LogP contribution in [0.4, 0.5) is 0 Å².